The summed E-state index contributed by atoms with van der Waals surface area (Å²) in [7, 11) is 0. The van der Waals surface area contributed by atoms with E-state index < -0.39 is 0 Å². The lowest BCUT2D eigenvalue weighted by Crippen LogP contribution is -2.42. The van der Waals surface area contributed by atoms with Gasteiger partial charge in [-0.05, 0) is 61.6 Å². The largest absolute Gasteiger partial charge is 0.326 e. The van der Waals surface area contributed by atoms with E-state index in [9.17, 15) is 0 Å². The molecule has 0 spiro atoms. The van der Waals surface area contributed by atoms with Crippen molar-refractivity contribution in [1.29, 1.82) is 0 Å². The highest BCUT2D eigenvalue weighted by Crippen LogP contribution is 2.38. The second-order valence-electron chi connectivity index (χ2n) is 6.91. The Morgan fingerprint density at radius 3 is 2.05 bits per heavy atom. The van der Waals surface area contributed by atoms with Crippen molar-refractivity contribution in [2.24, 2.45) is 17.6 Å². The zero-order valence-electron chi connectivity index (χ0n) is 13.0. The van der Waals surface area contributed by atoms with Crippen LogP contribution in [0.25, 0.3) is 0 Å². The molecule has 0 bridgehead atoms. The maximum atomic E-state index is 6.51. The van der Waals surface area contributed by atoms with E-state index in [1.807, 2.05) is 12.1 Å². The maximum Gasteiger partial charge on any atom is 0.0499 e. The topological polar surface area (TPSA) is 29.3 Å². The van der Waals surface area contributed by atoms with E-state index in [2.05, 4.69) is 24.0 Å². The number of nitrogens with two attached hydrogens (primary N) is 1. The molecule has 1 aromatic carbocycles. The first kappa shape index (κ1) is 15.3. The summed E-state index contributed by atoms with van der Waals surface area (Å²) in [5.74, 6) is 1.81. The Morgan fingerprint density at radius 2 is 1.62 bits per heavy atom. The standard InChI is InChI=1S/C18H27ClN2/c1-2-17(20)18(15-7-9-16(19)10-8-15)21(11-13-3-4-13)12-14-5-6-14/h7-10,13-14,17-18H,2-6,11-12,20H2,1H3. The Labute approximate surface area is 133 Å². The van der Waals surface area contributed by atoms with Crippen LogP contribution < -0.4 is 5.73 Å². The number of hydrogen-bond donors (Lipinski definition) is 1. The number of rotatable bonds is 8. The van der Waals surface area contributed by atoms with Crippen LogP contribution in [0.2, 0.25) is 5.02 Å². The monoisotopic (exact) mass is 306 g/mol. The number of benzene rings is 1. The van der Waals surface area contributed by atoms with E-state index in [0.29, 0.717) is 6.04 Å². The fraction of sp³-hybridized carbons (Fsp3) is 0.667. The SMILES string of the molecule is CCC(N)C(c1ccc(Cl)cc1)N(CC1CC1)CC1CC1. The summed E-state index contributed by atoms with van der Waals surface area (Å²) in [5.41, 5.74) is 7.83. The van der Waals surface area contributed by atoms with Gasteiger partial charge < -0.3 is 5.73 Å². The van der Waals surface area contributed by atoms with Crippen molar-refractivity contribution >= 4 is 11.6 Å². The lowest BCUT2D eigenvalue weighted by molar-refractivity contribution is 0.155. The Bertz CT molecular complexity index is 437. The van der Waals surface area contributed by atoms with Crippen LogP contribution in [0.1, 0.15) is 50.6 Å². The summed E-state index contributed by atoms with van der Waals surface area (Å²) in [5, 5.41) is 0.804. The molecule has 0 amide bonds. The predicted molar refractivity (Wildman–Crippen MR) is 89.5 cm³/mol. The zero-order valence-corrected chi connectivity index (χ0v) is 13.7. The van der Waals surface area contributed by atoms with E-state index in [4.69, 9.17) is 17.3 Å². The van der Waals surface area contributed by atoms with Gasteiger partial charge in [0.15, 0.2) is 0 Å². The molecule has 3 rings (SSSR count). The van der Waals surface area contributed by atoms with Crippen LogP contribution in [0, 0.1) is 11.8 Å². The van der Waals surface area contributed by atoms with Gasteiger partial charge in [-0.3, -0.25) is 4.90 Å². The molecule has 2 saturated carbocycles. The summed E-state index contributed by atoms with van der Waals surface area (Å²) in [6, 6.07) is 8.86. The maximum absolute atomic E-state index is 6.51. The van der Waals surface area contributed by atoms with E-state index >= 15 is 0 Å². The molecule has 0 radical (unpaired) electrons. The molecule has 116 valence electrons. The highest BCUT2D eigenvalue weighted by molar-refractivity contribution is 6.30. The van der Waals surface area contributed by atoms with Crippen LogP contribution >= 0.6 is 11.6 Å². The number of hydrogen-bond acceptors (Lipinski definition) is 2. The molecule has 21 heavy (non-hydrogen) atoms. The molecule has 2 aliphatic rings. The molecule has 2 atom stereocenters. The van der Waals surface area contributed by atoms with Gasteiger partial charge in [-0.1, -0.05) is 30.7 Å². The molecular weight excluding hydrogens is 280 g/mol. The van der Waals surface area contributed by atoms with Crippen molar-refractivity contribution < 1.29 is 0 Å². The van der Waals surface area contributed by atoms with Crippen LogP contribution in [0.5, 0.6) is 0 Å². The van der Waals surface area contributed by atoms with Gasteiger partial charge in [-0.2, -0.15) is 0 Å². The van der Waals surface area contributed by atoms with Gasteiger partial charge >= 0.3 is 0 Å². The summed E-state index contributed by atoms with van der Waals surface area (Å²) in [6.07, 6.45) is 6.61. The van der Waals surface area contributed by atoms with Crippen molar-refractivity contribution in [2.75, 3.05) is 13.1 Å². The highest BCUT2D eigenvalue weighted by Gasteiger charge is 2.35. The Balaban J connectivity index is 1.81. The van der Waals surface area contributed by atoms with Crippen LogP contribution in [-0.2, 0) is 0 Å². The van der Waals surface area contributed by atoms with Gasteiger partial charge in [0.2, 0.25) is 0 Å². The van der Waals surface area contributed by atoms with Gasteiger partial charge in [-0.15, -0.1) is 0 Å². The lowest BCUT2D eigenvalue weighted by Gasteiger charge is -2.36. The molecule has 2 fully saturated rings. The van der Waals surface area contributed by atoms with Crippen molar-refractivity contribution in [1.82, 2.24) is 4.90 Å². The van der Waals surface area contributed by atoms with E-state index in [1.54, 1.807) is 0 Å². The van der Waals surface area contributed by atoms with E-state index in [1.165, 1.54) is 44.3 Å². The molecule has 1 aromatic rings. The van der Waals surface area contributed by atoms with E-state index in [-0.39, 0.29) is 6.04 Å². The van der Waals surface area contributed by atoms with Crippen LogP contribution in [0.15, 0.2) is 24.3 Å². The third-order valence-corrected chi connectivity index (χ3v) is 5.11. The Hall–Kier alpha value is -0.570. The molecule has 2 aliphatic carbocycles. The first-order valence-electron chi connectivity index (χ1n) is 8.42. The van der Waals surface area contributed by atoms with Gasteiger partial charge in [-0.25, -0.2) is 0 Å². The van der Waals surface area contributed by atoms with Crippen molar-refractivity contribution in [3.63, 3.8) is 0 Å². The predicted octanol–water partition coefficient (Wildman–Crippen LogP) is 4.24. The minimum Gasteiger partial charge on any atom is -0.326 e. The molecular formula is C18H27ClN2. The van der Waals surface area contributed by atoms with Crippen molar-refractivity contribution in [2.45, 2.75) is 51.1 Å². The number of halogens is 1. The smallest absolute Gasteiger partial charge is 0.0499 e. The summed E-state index contributed by atoms with van der Waals surface area (Å²) in [4.78, 5) is 2.67. The molecule has 2 N–H and O–H groups in total. The fourth-order valence-corrected chi connectivity index (χ4v) is 3.30. The zero-order chi connectivity index (χ0) is 14.8. The fourth-order valence-electron chi connectivity index (χ4n) is 3.18. The molecule has 3 heteroatoms. The third-order valence-electron chi connectivity index (χ3n) is 4.86. The highest BCUT2D eigenvalue weighted by atomic mass is 35.5. The normalized spacial score (nSPS) is 21.5. The molecule has 0 aliphatic heterocycles. The quantitative estimate of drug-likeness (QED) is 0.778. The minimum absolute atomic E-state index is 0.198. The van der Waals surface area contributed by atoms with Gasteiger partial charge in [0.05, 0.1) is 0 Å². The van der Waals surface area contributed by atoms with E-state index in [0.717, 1.165) is 23.3 Å². The molecule has 2 nitrogen and oxygen atoms in total. The summed E-state index contributed by atoms with van der Waals surface area (Å²) in [6.45, 7) is 4.63. The molecule has 0 saturated heterocycles. The molecule has 0 aromatic heterocycles. The van der Waals surface area contributed by atoms with Crippen molar-refractivity contribution in [3.8, 4) is 0 Å². The van der Waals surface area contributed by atoms with Crippen LogP contribution in [0.4, 0.5) is 0 Å². The Kier molecular flexibility index (Phi) is 4.88. The first-order valence-corrected chi connectivity index (χ1v) is 8.80. The van der Waals surface area contributed by atoms with Crippen LogP contribution in [0.3, 0.4) is 0 Å². The lowest BCUT2D eigenvalue weighted by atomic mass is 9.95. The summed E-state index contributed by atoms with van der Waals surface area (Å²) >= 11 is 6.05. The minimum atomic E-state index is 0.198. The van der Waals surface area contributed by atoms with Gasteiger partial charge in [0.1, 0.15) is 0 Å². The third kappa shape index (κ3) is 4.21. The van der Waals surface area contributed by atoms with Crippen LogP contribution in [-0.4, -0.2) is 24.0 Å². The molecule has 0 heterocycles. The number of nitrogens with zero attached hydrogens (tertiary/aromatic N) is 1. The average molecular weight is 307 g/mol. The van der Waals surface area contributed by atoms with Gasteiger partial charge in [0.25, 0.3) is 0 Å². The molecule has 2 unspecified atom stereocenters. The van der Waals surface area contributed by atoms with Gasteiger partial charge in [0, 0.05) is 30.2 Å². The summed E-state index contributed by atoms with van der Waals surface area (Å²) < 4.78 is 0. The van der Waals surface area contributed by atoms with Crippen molar-refractivity contribution in [3.05, 3.63) is 34.9 Å². The second-order valence-corrected chi connectivity index (χ2v) is 7.35. The average Bonchev–Trinajstić information content (AvgIpc) is 3.37. The first-order chi connectivity index (χ1) is 10.2. The second kappa shape index (κ2) is 6.68. The Morgan fingerprint density at radius 1 is 1.10 bits per heavy atom.